The molecule has 1 aromatic carbocycles. The molecule has 2 rings (SSSR count). The van der Waals surface area contributed by atoms with Gasteiger partial charge >= 0.3 is 0 Å². The highest BCUT2D eigenvalue weighted by Gasteiger charge is 2.34. The lowest BCUT2D eigenvalue weighted by Crippen LogP contribution is -2.31. The van der Waals surface area contributed by atoms with E-state index in [-0.39, 0.29) is 0 Å². The van der Waals surface area contributed by atoms with Gasteiger partial charge in [-0.2, -0.15) is 17.0 Å². The summed E-state index contributed by atoms with van der Waals surface area (Å²) in [5, 5.41) is 0. The second-order valence-corrected chi connectivity index (χ2v) is 6.19. The SMILES string of the molecule is Cc1cccc(CN(C)S(=O)(=O)N2CC2)c1. The zero-order valence-corrected chi connectivity index (χ0v) is 10.4. The molecule has 5 heteroatoms. The third-order valence-electron chi connectivity index (χ3n) is 2.61. The quantitative estimate of drug-likeness (QED) is 0.736. The van der Waals surface area contributed by atoms with Crippen molar-refractivity contribution in [3.8, 4) is 0 Å². The van der Waals surface area contributed by atoms with Crippen molar-refractivity contribution in [1.82, 2.24) is 8.61 Å². The fourth-order valence-electron chi connectivity index (χ4n) is 1.62. The fraction of sp³-hybridized carbons (Fsp3) is 0.455. The van der Waals surface area contributed by atoms with E-state index in [9.17, 15) is 8.42 Å². The van der Waals surface area contributed by atoms with Gasteiger partial charge in [-0.15, -0.1) is 0 Å². The van der Waals surface area contributed by atoms with Gasteiger partial charge in [-0.1, -0.05) is 29.8 Å². The maximum Gasteiger partial charge on any atom is 0.282 e. The normalized spacial score (nSPS) is 16.7. The molecule has 1 aliphatic rings. The number of aryl methyl sites for hydroxylation is 1. The lowest BCUT2D eigenvalue weighted by Gasteiger charge is -2.17. The monoisotopic (exact) mass is 240 g/mol. The molecule has 1 aliphatic heterocycles. The van der Waals surface area contributed by atoms with Gasteiger partial charge in [-0.3, -0.25) is 0 Å². The van der Waals surface area contributed by atoms with E-state index in [0.717, 1.165) is 11.1 Å². The number of hydrogen-bond acceptors (Lipinski definition) is 2. The molecule has 0 spiro atoms. The molecular formula is C11H16N2O2S. The van der Waals surface area contributed by atoms with Crippen molar-refractivity contribution in [3.05, 3.63) is 35.4 Å². The highest BCUT2D eigenvalue weighted by molar-refractivity contribution is 7.86. The summed E-state index contributed by atoms with van der Waals surface area (Å²) in [6.45, 7) is 3.74. The fourth-order valence-corrected chi connectivity index (χ4v) is 2.87. The van der Waals surface area contributed by atoms with Gasteiger partial charge in [0.15, 0.2) is 0 Å². The Bertz CT molecular complexity index is 481. The maximum absolute atomic E-state index is 11.8. The Balaban J connectivity index is 2.10. The first kappa shape index (κ1) is 11.6. The van der Waals surface area contributed by atoms with Gasteiger partial charge in [-0.05, 0) is 12.5 Å². The number of benzene rings is 1. The van der Waals surface area contributed by atoms with E-state index in [0.29, 0.717) is 19.6 Å². The Labute approximate surface area is 96.7 Å². The van der Waals surface area contributed by atoms with E-state index in [1.54, 1.807) is 7.05 Å². The highest BCUT2D eigenvalue weighted by atomic mass is 32.2. The second kappa shape index (κ2) is 4.16. The average molecular weight is 240 g/mol. The minimum absolute atomic E-state index is 0.431. The largest absolute Gasteiger partial charge is 0.282 e. The molecule has 88 valence electrons. The third-order valence-corrected chi connectivity index (χ3v) is 4.55. The Morgan fingerprint density at radius 1 is 1.38 bits per heavy atom. The molecule has 1 fully saturated rings. The summed E-state index contributed by atoms with van der Waals surface area (Å²) in [6.07, 6.45) is 0. The summed E-state index contributed by atoms with van der Waals surface area (Å²) >= 11 is 0. The van der Waals surface area contributed by atoms with E-state index >= 15 is 0 Å². The van der Waals surface area contributed by atoms with Gasteiger partial charge in [0.2, 0.25) is 0 Å². The average Bonchev–Trinajstić information content (AvgIpc) is 3.00. The van der Waals surface area contributed by atoms with Crippen LogP contribution in [0.1, 0.15) is 11.1 Å². The van der Waals surface area contributed by atoms with Crippen LogP contribution >= 0.6 is 0 Å². The van der Waals surface area contributed by atoms with Crippen LogP contribution in [0.5, 0.6) is 0 Å². The van der Waals surface area contributed by atoms with E-state index in [1.807, 2.05) is 31.2 Å². The standard InChI is InChI=1S/C11H16N2O2S/c1-10-4-3-5-11(8-10)9-12(2)16(14,15)13-6-7-13/h3-5,8H,6-7,9H2,1-2H3. The van der Waals surface area contributed by atoms with Crippen molar-refractivity contribution in [1.29, 1.82) is 0 Å². The molecule has 1 heterocycles. The summed E-state index contributed by atoms with van der Waals surface area (Å²) in [5.41, 5.74) is 2.17. The zero-order chi connectivity index (χ0) is 11.8. The van der Waals surface area contributed by atoms with Gasteiger partial charge in [-0.25, -0.2) is 0 Å². The molecule has 0 aromatic heterocycles. The van der Waals surface area contributed by atoms with Crippen molar-refractivity contribution in [2.45, 2.75) is 13.5 Å². The summed E-state index contributed by atoms with van der Waals surface area (Å²) in [7, 11) is -1.59. The second-order valence-electron chi connectivity index (χ2n) is 4.15. The molecule has 0 radical (unpaired) electrons. The van der Waals surface area contributed by atoms with Gasteiger partial charge in [0.25, 0.3) is 10.2 Å². The third kappa shape index (κ3) is 2.42. The smallest absolute Gasteiger partial charge is 0.195 e. The van der Waals surface area contributed by atoms with Crippen molar-refractivity contribution < 1.29 is 8.42 Å². The van der Waals surface area contributed by atoms with Gasteiger partial charge in [0.05, 0.1) is 0 Å². The topological polar surface area (TPSA) is 40.4 Å². The molecule has 16 heavy (non-hydrogen) atoms. The van der Waals surface area contributed by atoms with Crippen LogP contribution in [0.3, 0.4) is 0 Å². The Morgan fingerprint density at radius 2 is 2.06 bits per heavy atom. The van der Waals surface area contributed by atoms with Crippen molar-refractivity contribution >= 4 is 10.2 Å². The molecule has 1 saturated heterocycles. The van der Waals surface area contributed by atoms with E-state index in [1.165, 1.54) is 8.61 Å². The summed E-state index contributed by atoms with van der Waals surface area (Å²) in [5.74, 6) is 0. The van der Waals surface area contributed by atoms with Crippen LogP contribution < -0.4 is 0 Å². The Morgan fingerprint density at radius 3 is 2.62 bits per heavy atom. The first-order chi connectivity index (χ1) is 7.50. The lowest BCUT2D eigenvalue weighted by atomic mass is 10.1. The predicted molar refractivity (Wildman–Crippen MR) is 63.1 cm³/mol. The number of hydrogen-bond donors (Lipinski definition) is 0. The first-order valence-corrected chi connectivity index (χ1v) is 6.67. The van der Waals surface area contributed by atoms with Crippen molar-refractivity contribution in [2.75, 3.05) is 20.1 Å². The van der Waals surface area contributed by atoms with Crippen LogP contribution in [0.15, 0.2) is 24.3 Å². The molecule has 0 atom stereocenters. The van der Waals surface area contributed by atoms with Gasteiger partial charge in [0, 0.05) is 26.7 Å². The van der Waals surface area contributed by atoms with Crippen LogP contribution in [-0.2, 0) is 16.8 Å². The van der Waals surface area contributed by atoms with Crippen molar-refractivity contribution in [2.24, 2.45) is 0 Å². The maximum atomic E-state index is 11.8. The summed E-state index contributed by atoms with van der Waals surface area (Å²) in [4.78, 5) is 0. The van der Waals surface area contributed by atoms with E-state index < -0.39 is 10.2 Å². The molecule has 0 saturated carbocycles. The Kier molecular flexibility index (Phi) is 3.01. The van der Waals surface area contributed by atoms with E-state index in [2.05, 4.69) is 0 Å². The highest BCUT2D eigenvalue weighted by Crippen LogP contribution is 2.17. The number of nitrogens with zero attached hydrogens (tertiary/aromatic N) is 2. The van der Waals surface area contributed by atoms with Crippen LogP contribution in [0, 0.1) is 6.92 Å². The van der Waals surface area contributed by atoms with Crippen LogP contribution in [0.2, 0.25) is 0 Å². The minimum Gasteiger partial charge on any atom is -0.195 e. The van der Waals surface area contributed by atoms with Crippen molar-refractivity contribution in [3.63, 3.8) is 0 Å². The molecule has 0 unspecified atom stereocenters. The molecule has 1 aromatic rings. The molecule has 0 amide bonds. The predicted octanol–water partition coefficient (Wildman–Crippen LogP) is 0.987. The van der Waals surface area contributed by atoms with E-state index in [4.69, 9.17) is 0 Å². The molecule has 4 nitrogen and oxygen atoms in total. The van der Waals surface area contributed by atoms with Gasteiger partial charge in [0.1, 0.15) is 0 Å². The van der Waals surface area contributed by atoms with Gasteiger partial charge < -0.3 is 0 Å². The molecule has 0 N–H and O–H groups in total. The zero-order valence-electron chi connectivity index (χ0n) is 9.55. The first-order valence-electron chi connectivity index (χ1n) is 5.27. The van der Waals surface area contributed by atoms with Crippen LogP contribution in [-0.4, -0.2) is 37.2 Å². The summed E-state index contributed by atoms with van der Waals surface area (Å²) in [6, 6.07) is 7.90. The van der Waals surface area contributed by atoms with Crippen LogP contribution in [0.25, 0.3) is 0 Å². The summed E-state index contributed by atoms with van der Waals surface area (Å²) < 4.78 is 26.5. The van der Waals surface area contributed by atoms with Crippen LogP contribution in [0.4, 0.5) is 0 Å². The number of rotatable bonds is 4. The minimum atomic E-state index is -3.21. The molecule has 0 aliphatic carbocycles. The molecule has 0 bridgehead atoms. The lowest BCUT2D eigenvalue weighted by molar-refractivity contribution is 0.439. The molecular weight excluding hydrogens is 224 g/mol. The Hall–Kier alpha value is -0.910.